The van der Waals surface area contributed by atoms with Crippen molar-refractivity contribution < 1.29 is 28.6 Å². The molecule has 0 aromatic rings. The molecule has 0 aliphatic heterocycles. The van der Waals surface area contributed by atoms with E-state index >= 15 is 0 Å². The normalized spacial score (nSPS) is 12.5. The Balaban J connectivity index is 4.11. The van der Waals surface area contributed by atoms with Crippen molar-refractivity contribution in [3.63, 3.8) is 0 Å². The highest BCUT2D eigenvalue weighted by atomic mass is 16.6. The summed E-state index contributed by atoms with van der Waals surface area (Å²) in [7, 11) is 0. The van der Waals surface area contributed by atoms with Gasteiger partial charge in [0.1, 0.15) is 6.61 Å². The maximum atomic E-state index is 12.8. The SMILES string of the molecule is CCCCCCCCCCCCCCCCCC(=O)OCC(OC(=O)CCCCCCCCCCCCCCCCC)C(=O)OCCC(C)CC. The first-order chi connectivity index (χ1) is 24.9. The van der Waals surface area contributed by atoms with Gasteiger partial charge < -0.3 is 14.2 Å². The molecule has 0 aliphatic carbocycles. The number of esters is 3. The molecule has 302 valence electrons. The van der Waals surface area contributed by atoms with Crippen LogP contribution in [0.3, 0.4) is 0 Å². The standard InChI is InChI=1S/C45H86O6/c1-5-8-10-12-14-16-18-20-22-24-26-28-30-32-34-36-43(46)50-40-42(45(48)49-39-38-41(4)7-3)51-44(47)37-35-33-31-29-27-25-23-21-19-17-15-13-11-9-6-2/h41-42H,5-40H2,1-4H3. The Labute approximate surface area is 317 Å². The quantitative estimate of drug-likeness (QED) is 0.0356. The molecule has 6 heteroatoms. The molecule has 0 heterocycles. The maximum absolute atomic E-state index is 12.8. The predicted octanol–water partition coefficient (Wildman–Crippen LogP) is 13.9. The van der Waals surface area contributed by atoms with Crippen LogP contribution < -0.4 is 0 Å². The van der Waals surface area contributed by atoms with E-state index in [-0.39, 0.29) is 25.6 Å². The average molecular weight is 723 g/mol. The highest BCUT2D eigenvalue weighted by Gasteiger charge is 2.26. The minimum atomic E-state index is -1.20. The van der Waals surface area contributed by atoms with Gasteiger partial charge in [-0.2, -0.15) is 0 Å². The lowest BCUT2D eigenvalue weighted by atomic mass is 10.0. The van der Waals surface area contributed by atoms with Crippen LogP contribution in [0.5, 0.6) is 0 Å². The van der Waals surface area contributed by atoms with E-state index in [1.165, 1.54) is 154 Å². The number of carbonyl (C=O) groups excluding carboxylic acids is 3. The van der Waals surface area contributed by atoms with Crippen molar-refractivity contribution >= 4 is 17.9 Å². The van der Waals surface area contributed by atoms with E-state index in [9.17, 15) is 14.4 Å². The van der Waals surface area contributed by atoms with E-state index in [0.29, 0.717) is 12.3 Å². The lowest BCUT2D eigenvalue weighted by molar-refractivity contribution is -0.174. The number of ether oxygens (including phenoxy) is 3. The number of hydrogen-bond acceptors (Lipinski definition) is 6. The van der Waals surface area contributed by atoms with E-state index < -0.39 is 18.0 Å². The molecule has 0 aromatic carbocycles. The maximum Gasteiger partial charge on any atom is 0.351 e. The number of carbonyl (C=O) groups is 3. The molecular formula is C45H86O6. The molecule has 0 rings (SSSR count). The molecule has 0 radical (unpaired) electrons. The van der Waals surface area contributed by atoms with Crippen molar-refractivity contribution in [1.82, 2.24) is 0 Å². The second-order valence-corrected chi connectivity index (χ2v) is 15.5. The highest BCUT2D eigenvalue weighted by molar-refractivity contribution is 5.80. The van der Waals surface area contributed by atoms with Crippen molar-refractivity contribution in [1.29, 1.82) is 0 Å². The smallest absolute Gasteiger partial charge is 0.351 e. The van der Waals surface area contributed by atoms with Crippen molar-refractivity contribution in [3.05, 3.63) is 0 Å². The topological polar surface area (TPSA) is 78.9 Å². The fraction of sp³-hybridized carbons (Fsp3) is 0.933. The van der Waals surface area contributed by atoms with E-state index in [0.717, 1.165) is 51.4 Å². The molecule has 0 N–H and O–H groups in total. The average Bonchev–Trinajstić information content (AvgIpc) is 3.13. The van der Waals surface area contributed by atoms with Crippen LogP contribution in [0.1, 0.15) is 246 Å². The van der Waals surface area contributed by atoms with Gasteiger partial charge in [0.25, 0.3) is 0 Å². The van der Waals surface area contributed by atoms with Crippen LogP contribution >= 0.6 is 0 Å². The zero-order valence-electron chi connectivity index (χ0n) is 34.6. The number of rotatable bonds is 40. The third kappa shape index (κ3) is 36.6. The lowest BCUT2D eigenvalue weighted by Gasteiger charge is -2.18. The zero-order chi connectivity index (χ0) is 37.5. The predicted molar refractivity (Wildman–Crippen MR) is 215 cm³/mol. The number of unbranched alkanes of at least 4 members (excludes halogenated alkanes) is 28. The Bertz CT molecular complexity index is 768. The van der Waals surface area contributed by atoms with Crippen LogP contribution in [0.4, 0.5) is 0 Å². The summed E-state index contributed by atoms with van der Waals surface area (Å²) in [6.45, 7) is 8.75. The van der Waals surface area contributed by atoms with E-state index in [1.807, 2.05) is 0 Å². The molecule has 2 atom stereocenters. The summed E-state index contributed by atoms with van der Waals surface area (Å²) in [4.78, 5) is 37.9. The van der Waals surface area contributed by atoms with Crippen LogP contribution in [0.15, 0.2) is 0 Å². The molecule has 0 aromatic heterocycles. The molecule has 51 heavy (non-hydrogen) atoms. The lowest BCUT2D eigenvalue weighted by Crippen LogP contribution is -2.34. The van der Waals surface area contributed by atoms with E-state index in [4.69, 9.17) is 14.2 Å². The summed E-state index contributed by atoms with van der Waals surface area (Å²) < 4.78 is 16.3. The molecular weight excluding hydrogens is 636 g/mol. The summed E-state index contributed by atoms with van der Waals surface area (Å²) in [6, 6.07) is 0. The molecule has 0 bridgehead atoms. The van der Waals surface area contributed by atoms with Crippen LogP contribution in [-0.2, 0) is 28.6 Å². The Morgan fingerprint density at radius 1 is 0.431 bits per heavy atom. The summed E-state index contributed by atoms with van der Waals surface area (Å²) in [5.74, 6) is -0.952. The third-order valence-electron chi connectivity index (χ3n) is 10.5. The number of hydrogen-bond donors (Lipinski definition) is 0. The Morgan fingerprint density at radius 2 is 0.765 bits per heavy atom. The van der Waals surface area contributed by atoms with Gasteiger partial charge in [0.05, 0.1) is 6.61 Å². The van der Waals surface area contributed by atoms with Crippen LogP contribution in [0, 0.1) is 5.92 Å². The largest absolute Gasteiger partial charge is 0.463 e. The Morgan fingerprint density at radius 3 is 1.12 bits per heavy atom. The van der Waals surface area contributed by atoms with Gasteiger partial charge in [-0.25, -0.2) is 4.79 Å². The first-order valence-corrected chi connectivity index (χ1v) is 22.5. The highest BCUT2D eigenvalue weighted by Crippen LogP contribution is 2.16. The van der Waals surface area contributed by atoms with Gasteiger partial charge >= 0.3 is 17.9 Å². The monoisotopic (exact) mass is 723 g/mol. The molecule has 0 saturated heterocycles. The van der Waals surface area contributed by atoms with Crippen LogP contribution in [0.25, 0.3) is 0 Å². The molecule has 0 saturated carbocycles. The van der Waals surface area contributed by atoms with Gasteiger partial charge in [0.2, 0.25) is 6.10 Å². The summed E-state index contributed by atoms with van der Waals surface area (Å²) in [5.41, 5.74) is 0. The van der Waals surface area contributed by atoms with E-state index in [2.05, 4.69) is 27.7 Å². The van der Waals surface area contributed by atoms with E-state index in [1.54, 1.807) is 0 Å². The fourth-order valence-electron chi connectivity index (χ4n) is 6.55. The van der Waals surface area contributed by atoms with Crippen molar-refractivity contribution in [2.45, 2.75) is 252 Å². The van der Waals surface area contributed by atoms with Gasteiger partial charge in [-0.1, -0.05) is 214 Å². The minimum Gasteiger partial charge on any atom is -0.463 e. The van der Waals surface area contributed by atoms with Crippen LogP contribution in [0.2, 0.25) is 0 Å². The van der Waals surface area contributed by atoms with Crippen molar-refractivity contribution in [3.8, 4) is 0 Å². The van der Waals surface area contributed by atoms with Gasteiger partial charge in [0.15, 0.2) is 0 Å². The molecule has 0 fully saturated rings. The van der Waals surface area contributed by atoms with Gasteiger partial charge in [-0.05, 0) is 25.2 Å². The zero-order valence-corrected chi connectivity index (χ0v) is 34.6. The first kappa shape index (κ1) is 49.4. The van der Waals surface area contributed by atoms with Gasteiger partial charge in [-0.15, -0.1) is 0 Å². The molecule has 0 aliphatic rings. The molecule has 0 spiro atoms. The summed E-state index contributed by atoms with van der Waals surface area (Å²) >= 11 is 0. The second-order valence-electron chi connectivity index (χ2n) is 15.5. The summed E-state index contributed by atoms with van der Waals surface area (Å²) in [5, 5.41) is 0. The summed E-state index contributed by atoms with van der Waals surface area (Å²) in [6.07, 6.45) is 39.2. The fourth-order valence-corrected chi connectivity index (χ4v) is 6.55. The van der Waals surface area contributed by atoms with Crippen molar-refractivity contribution in [2.24, 2.45) is 5.92 Å². The van der Waals surface area contributed by atoms with Crippen molar-refractivity contribution in [2.75, 3.05) is 13.2 Å². The van der Waals surface area contributed by atoms with Gasteiger partial charge in [0, 0.05) is 12.8 Å². The van der Waals surface area contributed by atoms with Crippen LogP contribution in [-0.4, -0.2) is 37.2 Å². The van der Waals surface area contributed by atoms with Gasteiger partial charge in [-0.3, -0.25) is 9.59 Å². The first-order valence-electron chi connectivity index (χ1n) is 22.5. The molecule has 6 nitrogen and oxygen atoms in total. The minimum absolute atomic E-state index is 0.266. The Kier molecular flexibility index (Phi) is 38.4. The molecule has 2 unspecified atom stereocenters. The molecule has 0 amide bonds. The Hall–Kier alpha value is -1.59. The second kappa shape index (κ2) is 39.6. The third-order valence-corrected chi connectivity index (χ3v) is 10.5.